The quantitative estimate of drug-likeness (QED) is 0.834. The van der Waals surface area contributed by atoms with Crippen LogP contribution < -0.4 is 10.6 Å². The predicted octanol–water partition coefficient (Wildman–Crippen LogP) is 1.95. The van der Waals surface area contributed by atoms with Gasteiger partial charge in [0.2, 0.25) is 5.91 Å². The third-order valence-electron chi connectivity index (χ3n) is 3.11. The molecule has 0 bridgehead atoms. The predicted molar refractivity (Wildman–Crippen MR) is 76.0 cm³/mol. The van der Waals surface area contributed by atoms with E-state index in [9.17, 15) is 4.79 Å². The Morgan fingerprint density at radius 2 is 2.16 bits per heavy atom. The first kappa shape index (κ1) is 13.6. The molecule has 0 saturated carbocycles. The summed E-state index contributed by atoms with van der Waals surface area (Å²) in [6, 6.07) is 9.94. The summed E-state index contributed by atoms with van der Waals surface area (Å²) >= 11 is 0. The molecule has 0 aliphatic rings. The molecule has 0 aliphatic heterocycles. The standard InChI is InChI=1S/C15H20N2O2/c1-11(10-16-2)15(18)17-8-7-13-9-12-5-3-4-6-14(12)19-13/h3-6,9,11,16H,7-8,10H2,1-2H3,(H,17,18). The van der Waals surface area contributed by atoms with Crippen molar-refractivity contribution in [3.63, 3.8) is 0 Å². The number of fused-ring (bicyclic) bond motifs is 1. The lowest BCUT2D eigenvalue weighted by atomic mass is 10.1. The molecule has 1 aromatic carbocycles. The Balaban J connectivity index is 1.84. The van der Waals surface area contributed by atoms with E-state index in [1.165, 1.54) is 0 Å². The Bertz CT molecular complexity index is 515. The normalized spacial score (nSPS) is 12.5. The van der Waals surface area contributed by atoms with Crippen molar-refractivity contribution in [1.29, 1.82) is 0 Å². The number of carbonyl (C=O) groups excluding carboxylic acids is 1. The van der Waals surface area contributed by atoms with Gasteiger partial charge < -0.3 is 15.1 Å². The number of rotatable bonds is 6. The van der Waals surface area contributed by atoms with Crippen LogP contribution in [0.4, 0.5) is 0 Å². The van der Waals surface area contributed by atoms with Crippen molar-refractivity contribution in [1.82, 2.24) is 10.6 Å². The molecule has 0 spiro atoms. The maximum absolute atomic E-state index is 11.7. The summed E-state index contributed by atoms with van der Waals surface area (Å²) in [6.07, 6.45) is 0.715. The summed E-state index contributed by atoms with van der Waals surface area (Å²) < 4.78 is 5.69. The van der Waals surface area contributed by atoms with Gasteiger partial charge in [-0.25, -0.2) is 0 Å². The zero-order valence-corrected chi connectivity index (χ0v) is 11.4. The molecule has 1 unspecified atom stereocenters. The van der Waals surface area contributed by atoms with Crippen LogP contribution in [0.3, 0.4) is 0 Å². The zero-order chi connectivity index (χ0) is 13.7. The first-order valence-electron chi connectivity index (χ1n) is 6.60. The van der Waals surface area contributed by atoms with Crippen molar-refractivity contribution in [3.05, 3.63) is 36.1 Å². The summed E-state index contributed by atoms with van der Waals surface area (Å²) in [4.78, 5) is 11.7. The number of nitrogens with one attached hydrogen (secondary N) is 2. The van der Waals surface area contributed by atoms with E-state index in [1.54, 1.807) is 0 Å². The van der Waals surface area contributed by atoms with Gasteiger partial charge in [0.15, 0.2) is 0 Å². The molecule has 1 amide bonds. The van der Waals surface area contributed by atoms with Crippen LogP contribution in [0.25, 0.3) is 11.0 Å². The average molecular weight is 260 g/mol. The monoisotopic (exact) mass is 260 g/mol. The Labute approximate surface area is 113 Å². The Hall–Kier alpha value is -1.81. The summed E-state index contributed by atoms with van der Waals surface area (Å²) in [5.74, 6) is 0.967. The maximum atomic E-state index is 11.7. The van der Waals surface area contributed by atoms with Crippen LogP contribution in [-0.2, 0) is 11.2 Å². The van der Waals surface area contributed by atoms with E-state index in [1.807, 2.05) is 44.3 Å². The minimum Gasteiger partial charge on any atom is -0.461 e. The highest BCUT2D eigenvalue weighted by Gasteiger charge is 2.11. The molecular formula is C15H20N2O2. The van der Waals surface area contributed by atoms with Crippen molar-refractivity contribution in [2.75, 3.05) is 20.1 Å². The van der Waals surface area contributed by atoms with Gasteiger partial charge in [0.05, 0.1) is 0 Å². The van der Waals surface area contributed by atoms with E-state index >= 15 is 0 Å². The Morgan fingerprint density at radius 1 is 1.37 bits per heavy atom. The fraction of sp³-hybridized carbons (Fsp3) is 0.400. The first-order valence-corrected chi connectivity index (χ1v) is 6.60. The summed E-state index contributed by atoms with van der Waals surface area (Å²) in [7, 11) is 1.85. The van der Waals surface area contributed by atoms with Gasteiger partial charge in [0.1, 0.15) is 11.3 Å². The minimum absolute atomic E-state index is 0.0133. The molecule has 1 aromatic heterocycles. The zero-order valence-electron chi connectivity index (χ0n) is 11.4. The summed E-state index contributed by atoms with van der Waals surface area (Å²) in [5.41, 5.74) is 0.896. The van der Waals surface area contributed by atoms with Crippen LogP contribution >= 0.6 is 0 Å². The minimum atomic E-state index is -0.0133. The van der Waals surface area contributed by atoms with Crippen LogP contribution in [0.1, 0.15) is 12.7 Å². The highest BCUT2D eigenvalue weighted by molar-refractivity contribution is 5.79. The first-order chi connectivity index (χ1) is 9.20. The van der Waals surface area contributed by atoms with Gasteiger partial charge in [-0.15, -0.1) is 0 Å². The van der Waals surface area contributed by atoms with Crippen molar-refractivity contribution < 1.29 is 9.21 Å². The molecule has 4 heteroatoms. The van der Waals surface area contributed by atoms with Gasteiger partial charge in [0.25, 0.3) is 0 Å². The molecule has 2 N–H and O–H groups in total. The van der Waals surface area contributed by atoms with Gasteiger partial charge in [-0.1, -0.05) is 25.1 Å². The van der Waals surface area contributed by atoms with Gasteiger partial charge in [-0.05, 0) is 19.2 Å². The van der Waals surface area contributed by atoms with Crippen LogP contribution in [0.15, 0.2) is 34.7 Å². The molecule has 4 nitrogen and oxygen atoms in total. The van der Waals surface area contributed by atoms with Gasteiger partial charge in [-0.2, -0.15) is 0 Å². The molecule has 1 heterocycles. The Kier molecular flexibility index (Phi) is 4.58. The highest BCUT2D eigenvalue weighted by Crippen LogP contribution is 2.18. The second-order valence-electron chi connectivity index (χ2n) is 4.75. The average Bonchev–Trinajstić information content (AvgIpc) is 2.81. The second kappa shape index (κ2) is 6.38. The van der Waals surface area contributed by atoms with Crippen LogP contribution in [0, 0.1) is 5.92 Å². The molecule has 2 rings (SSSR count). The van der Waals surface area contributed by atoms with E-state index < -0.39 is 0 Å². The molecule has 2 aromatic rings. The number of furan rings is 1. The number of hydrogen-bond acceptors (Lipinski definition) is 3. The van der Waals surface area contributed by atoms with Crippen molar-refractivity contribution >= 4 is 16.9 Å². The molecule has 0 aliphatic carbocycles. The third-order valence-corrected chi connectivity index (χ3v) is 3.11. The largest absolute Gasteiger partial charge is 0.461 e. The van der Waals surface area contributed by atoms with E-state index in [2.05, 4.69) is 10.6 Å². The number of amides is 1. The molecule has 19 heavy (non-hydrogen) atoms. The molecule has 0 radical (unpaired) electrons. The molecule has 0 fully saturated rings. The van der Waals surface area contributed by atoms with E-state index in [0.717, 1.165) is 16.7 Å². The van der Waals surface area contributed by atoms with Gasteiger partial charge in [0, 0.05) is 30.8 Å². The smallest absolute Gasteiger partial charge is 0.224 e. The fourth-order valence-corrected chi connectivity index (χ4v) is 2.04. The van der Waals surface area contributed by atoms with Gasteiger partial charge >= 0.3 is 0 Å². The number of para-hydroxylation sites is 1. The van der Waals surface area contributed by atoms with E-state index in [4.69, 9.17) is 4.42 Å². The number of benzene rings is 1. The Morgan fingerprint density at radius 3 is 2.89 bits per heavy atom. The van der Waals surface area contributed by atoms with Crippen molar-refractivity contribution in [2.45, 2.75) is 13.3 Å². The molecule has 102 valence electrons. The summed E-state index contributed by atoms with van der Waals surface area (Å²) in [5, 5.41) is 7.02. The highest BCUT2D eigenvalue weighted by atomic mass is 16.3. The summed E-state index contributed by atoms with van der Waals surface area (Å²) in [6.45, 7) is 3.20. The number of carbonyl (C=O) groups is 1. The molecule has 0 saturated heterocycles. The third kappa shape index (κ3) is 3.58. The molecule has 1 atom stereocenters. The maximum Gasteiger partial charge on any atom is 0.224 e. The lowest BCUT2D eigenvalue weighted by molar-refractivity contribution is -0.124. The fourth-order valence-electron chi connectivity index (χ4n) is 2.04. The lowest BCUT2D eigenvalue weighted by Crippen LogP contribution is -2.35. The molecular weight excluding hydrogens is 240 g/mol. The van der Waals surface area contributed by atoms with Crippen LogP contribution in [0.5, 0.6) is 0 Å². The van der Waals surface area contributed by atoms with Crippen molar-refractivity contribution in [2.24, 2.45) is 5.92 Å². The van der Waals surface area contributed by atoms with Crippen LogP contribution in [0.2, 0.25) is 0 Å². The van der Waals surface area contributed by atoms with E-state index in [-0.39, 0.29) is 11.8 Å². The topological polar surface area (TPSA) is 54.3 Å². The van der Waals surface area contributed by atoms with E-state index in [0.29, 0.717) is 19.5 Å². The lowest BCUT2D eigenvalue weighted by Gasteiger charge is -2.10. The van der Waals surface area contributed by atoms with Gasteiger partial charge in [-0.3, -0.25) is 4.79 Å². The van der Waals surface area contributed by atoms with Crippen LogP contribution in [-0.4, -0.2) is 26.0 Å². The number of hydrogen-bond donors (Lipinski definition) is 2. The SMILES string of the molecule is CNCC(C)C(=O)NCCc1cc2ccccc2o1. The second-order valence-corrected chi connectivity index (χ2v) is 4.75. The van der Waals surface area contributed by atoms with Crippen molar-refractivity contribution in [3.8, 4) is 0 Å².